The maximum absolute atomic E-state index is 15.3. The van der Waals surface area contributed by atoms with Gasteiger partial charge in [-0.3, -0.25) is 9.69 Å². The fraction of sp³-hybridized carbons (Fsp3) is 0.591. The molecule has 4 N–H and O–H groups in total. The van der Waals surface area contributed by atoms with Crippen molar-refractivity contribution in [3.63, 3.8) is 0 Å². The van der Waals surface area contributed by atoms with Crippen molar-refractivity contribution in [2.45, 2.75) is 50.6 Å². The van der Waals surface area contributed by atoms with E-state index < -0.39 is 29.8 Å². The topological polar surface area (TPSA) is 133 Å². The molecule has 0 bridgehead atoms. The normalized spacial score (nSPS) is 20.8. The van der Waals surface area contributed by atoms with Gasteiger partial charge in [0, 0.05) is 43.6 Å². The first-order valence-electron chi connectivity index (χ1n) is 11.7. The zero-order valence-corrected chi connectivity index (χ0v) is 19.5. The number of carbonyl (C=O) groups excluding carboxylic acids is 1. The van der Waals surface area contributed by atoms with Crippen LogP contribution < -0.4 is 16.0 Å². The number of alkyl halides is 3. The van der Waals surface area contributed by atoms with Gasteiger partial charge in [0.25, 0.3) is 0 Å². The number of aliphatic hydroxyl groups is 1. The standard InChI is InChI=1S/C22H28F4N8O2/c23-18-19(28-5-3-14-4-6-33(10-16(14)35)11-17(27)36)31-12-32-20(18)34(15-1-2-15)9-13-7-29-21(30-8-13)22(24,25)26/h7-8,12,14-16,35H,1-6,9-11H2,(H2,27,36)(H,28,31,32)/t14-,16-/m1/s1. The molecule has 2 fully saturated rings. The summed E-state index contributed by atoms with van der Waals surface area (Å²) in [6.07, 6.45) is 1.01. The zero-order valence-electron chi connectivity index (χ0n) is 19.5. The highest BCUT2D eigenvalue weighted by Gasteiger charge is 2.35. The first kappa shape index (κ1) is 25.9. The van der Waals surface area contributed by atoms with Gasteiger partial charge in [-0.25, -0.2) is 19.9 Å². The summed E-state index contributed by atoms with van der Waals surface area (Å²) in [5, 5.41) is 13.4. The number of nitrogens with two attached hydrogens (primary N) is 1. The number of carbonyl (C=O) groups is 1. The van der Waals surface area contributed by atoms with Gasteiger partial charge in [-0.05, 0) is 38.1 Å². The number of aliphatic hydroxyl groups excluding tert-OH is 1. The number of primary amides is 1. The van der Waals surface area contributed by atoms with Gasteiger partial charge in [0.05, 0.1) is 12.6 Å². The summed E-state index contributed by atoms with van der Waals surface area (Å²) in [6.45, 7) is 1.56. The van der Waals surface area contributed by atoms with Gasteiger partial charge in [0.15, 0.2) is 11.6 Å². The Balaban J connectivity index is 1.37. The number of hydrogen-bond acceptors (Lipinski definition) is 9. The highest BCUT2D eigenvalue weighted by atomic mass is 19.4. The van der Waals surface area contributed by atoms with Crippen LogP contribution in [0.5, 0.6) is 0 Å². The molecule has 0 unspecified atom stereocenters. The molecule has 2 aromatic heterocycles. The zero-order chi connectivity index (χ0) is 25.9. The van der Waals surface area contributed by atoms with Crippen molar-refractivity contribution in [2.24, 2.45) is 11.7 Å². The second kappa shape index (κ2) is 10.9. The molecule has 1 saturated carbocycles. The van der Waals surface area contributed by atoms with Crippen LogP contribution in [0.2, 0.25) is 0 Å². The molecule has 1 saturated heterocycles. The second-order valence-corrected chi connectivity index (χ2v) is 9.16. The van der Waals surface area contributed by atoms with E-state index in [1.165, 1.54) is 6.33 Å². The van der Waals surface area contributed by atoms with E-state index in [4.69, 9.17) is 5.73 Å². The lowest BCUT2D eigenvalue weighted by Gasteiger charge is -2.35. The molecule has 4 rings (SSSR count). The van der Waals surface area contributed by atoms with Crippen LogP contribution in [0.15, 0.2) is 18.7 Å². The van der Waals surface area contributed by atoms with Crippen molar-refractivity contribution in [1.29, 1.82) is 0 Å². The van der Waals surface area contributed by atoms with Gasteiger partial charge < -0.3 is 21.1 Å². The number of β-amino-alcohol motifs (C(OH)–C–C–N with tert-alkyl or cyclic N) is 1. The number of anilines is 2. The van der Waals surface area contributed by atoms with Crippen molar-refractivity contribution in [3.05, 3.63) is 35.9 Å². The van der Waals surface area contributed by atoms with Crippen LogP contribution in [0.4, 0.5) is 29.2 Å². The van der Waals surface area contributed by atoms with E-state index in [2.05, 4.69) is 25.3 Å². The van der Waals surface area contributed by atoms with Crippen molar-refractivity contribution in [2.75, 3.05) is 36.4 Å². The first-order chi connectivity index (χ1) is 17.1. The third kappa shape index (κ3) is 6.55. The number of rotatable bonds is 10. The lowest BCUT2D eigenvalue weighted by Crippen LogP contribution is -2.47. The summed E-state index contributed by atoms with van der Waals surface area (Å²) in [5.41, 5.74) is 5.61. The number of aromatic nitrogens is 4. The summed E-state index contributed by atoms with van der Waals surface area (Å²) < 4.78 is 53.6. The van der Waals surface area contributed by atoms with E-state index in [0.29, 0.717) is 38.0 Å². The van der Waals surface area contributed by atoms with E-state index in [0.717, 1.165) is 25.2 Å². The van der Waals surface area contributed by atoms with Crippen LogP contribution in [0.1, 0.15) is 37.1 Å². The molecule has 3 heterocycles. The molecule has 36 heavy (non-hydrogen) atoms. The maximum Gasteiger partial charge on any atom is 0.451 e. The van der Waals surface area contributed by atoms with Crippen LogP contribution >= 0.6 is 0 Å². The molecule has 0 spiro atoms. The molecular formula is C22H28F4N8O2. The number of piperidine rings is 1. The Morgan fingerprint density at radius 1 is 1.19 bits per heavy atom. The molecule has 10 nitrogen and oxygen atoms in total. The molecule has 196 valence electrons. The number of nitrogens with zero attached hydrogens (tertiary/aromatic N) is 6. The molecule has 0 aromatic carbocycles. The van der Waals surface area contributed by atoms with Gasteiger partial charge in [0.2, 0.25) is 17.5 Å². The quantitative estimate of drug-likeness (QED) is 0.406. The Morgan fingerprint density at radius 3 is 2.53 bits per heavy atom. The SMILES string of the molecule is NC(=O)CN1CC[C@@H](CCNc2ncnc(N(Cc3cnc(C(F)(F)F)nc3)C3CC3)c2F)[C@H](O)C1. The van der Waals surface area contributed by atoms with Crippen molar-refractivity contribution in [3.8, 4) is 0 Å². The summed E-state index contributed by atoms with van der Waals surface area (Å²) >= 11 is 0. The predicted molar refractivity (Wildman–Crippen MR) is 121 cm³/mol. The minimum atomic E-state index is -4.63. The molecule has 0 radical (unpaired) electrons. The minimum Gasteiger partial charge on any atom is -0.392 e. The molecule has 2 aromatic rings. The Morgan fingerprint density at radius 2 is 1.92 bits per heavy atom. The molecule has 1 amide bonds. The minimum absolute atomic E-state index is 0.00489. The molecular weight excluding hydrogens is 484 g/mol. The summed E-state index contributed by atoms with van der Waals surface area (Å²) in [4.78, 5) is 29.4. The average Bonchev–Trinajstić information content (AvgIpc) is 3.65. The van der Waals surface area contributed by atoms with Gasteiger partial charge in [0.1, 0.15) is 6.33 Å². The van der Waals surface area contributed by atoms with E-state index in [-0.39, 0.29) is 36.7 Å². The highest BCUT2D eigenvalue weighted by molar-refractivity contribution is 5.75. The summed E-state index contributed by atoms with van der Waals surface area (Å²) in [5.74, 6) is -2.29. The molecule has 1 aliphatic heterocycles. The van der Waals surface area contributed by atoms with Gasteiger partial charge >= 0.3 is 6.18 Å². The number of amides is 1. The number of nitrogens with one attached hydrogen (secondary N) is 1. The van der Waals surface area contributed by atoms with Gasteiger partial charge in [-0.1, -0.05) is 0 Å². The van der Waals surface area contributed by atoms with Crippen molar-refractivity contribution in [1.82, 2.24) is 24.8 Å². The Kier molecular flexibility index (Phi) is 7.83. The average molecular weight is 513 g/mol. The largest absolute Gasteiger partial charge is 0.451 e. The second-order valence-electron chi connectivity index (χ2n) is 9.16. The van der Waals surface area contributed by atoms with E-state index in [9.17, 15) is 23.1 Å². The van der Waals surface area contributed by atoms with E-state index >= 15 is 4.39 Å². The lowest BCUT2D eigenvalue weighted by atomic mass is 9.91. The summed E-state index contributed by atoms with van der Waals surface area (Å²) in [7, 11) is 0. The maximum atomic E-state index is 15.3. The monoisotopic (exact) mass is 512 g/mol. The fourth-order valence-electron chi connectivity index (χ4n) is 4.35. The number of halogens is 4. The Hall–Kier alpha value is -3.13. The Bertz CT molecular complexity index is 1050. The van der Waals surface area contributed by atoms with Gasteiger partial charge in [-0.2, -0.15) is 17.6 Å². The lowest BCUT2D eigenvalue weighted by molar-refractivity contribution is -0.145. The Labute approximate surface area is 204 Å². The first-order valence-corrected chi connectivity index (χ1v) is 11.7. The van der Waals surface area contributed by atoms with Crippen LogP contribution in [-0.4, -0.2) is 74.2 Å². The molecule has 2 atom stereocenters. The fourth-order valence-corrected chi connectivity index (χ4v) is 4.35. The summed E-state index contributed by atoms with van der Waals surface area (Å²) in [6, 6.07) is 0.00489. The smallest absolute Gasteiger partial charge is 0.392 e. The van der Waals surface area contributed by atoms with Crippen LogP contribution in [0, 0.1) is 11.7 Å². The third-order valence-electron chi connectivity index (χ3n) is 6.34. The van der Waals surface area contributed by atoms with Crippen LogP contribution in [0.25, 0.3) is 0 Å². The van der Waals surface area contributed by atoms with E-state index in [1.54, 1.807) is 4.90 Å². The van der Waals surface area contributed by atoms with Crippen LogP contribution in [-0.2, 0) is 17.5 Å². The van der Waals surface area contributed by atoms with Crippen molar-refractivity contribution >= 4 is 17.5 Å². The predicted octanol–water partition coefficient (Wildman–Crippen LogP) is 1.56. The van der Waals surface area contributed by atoms with Gasteiger partial charge in [-0.15, -0.1) is 0 Å². The molecule has 14 heteroatoms. The van der Waals surface area contributed by atoms with Crippen molar-refractivity contribution < 1.29 is 27.5 Å². The highest BCUT2D eigenvalue weighted by Crippen LogP contribution is 2.35. The molecule has 2 aliphatic rings. The van der Waals surface area contributed by atoms with Crippen LogP contribution in [0.3, 0.4) is 0 Å². The number of likely N-dealkylation sites (tertiary alicyclic amines) is 1. The molecule has 1 aliphatic carbocycles. The third-order valence-corrected chi connectivity index (χ3v) is 6.34. The van der Waals surface area contributed by atoms with E-state index in [1.807, 2.05) is 4.90 Å². The number of hydrogen-bond donors (Lipinski definition) is 3.